The van der Waals surface area contributed by atoms with Gasteiger partial charge in [-0.3, -0.25) is 10.1 Å². The maximum absolute atomic E-state index is 11.2. The molecule has 0 saturated heterocycles. The molecule has 0 saturated carbocycles. The number of hydrogen-bond acceptors (Lipinski definition) is 6. The van der Waals surface area contributed by atoms with E-state index in [1.54, 1.807) is 12.1 Å². The Morgan fingerprint density at radius 3 is 2.65 bits per heavy atom. The Bertz CT molecular complexity index is 1410. The van der Waals surface area contributed by atoms with Gasteiger partial charge in [0.05, 0.1) is 22.4 Å². The van der Waals surface area contributed by atoms with Gasteiger partial charge in [0, 0.05) is 29.5 Å². The minimum absolute atomic E-state index is 0.0496. The smallest absolute Gasteiger partial charge is 0.258 e. The number of benzene rings is 3. The fourth-order valence-electron chi connectivity index (χ4n) is 4.83. The van der Waals surface area contributed by atoms with E-state index in [0.717, 1.165) is 34.9 Å². The van der Waals surface area contributed by atoms with Crippen molar-refractivity contribution in [1.29, 1.82) is 0 Å². The molecule has 6 rings (SSSR count). The summed E-state index contributed by atoms with van der Waals surface area (Å²) in [6, 6.07) is 23.8. The van der Waals surface area contributed by atoms with Crippen LogP contribution in [-0.2, 0) is 12.8 Å². The number of anilines is 1. The van der Waals surface area contributed by atoms with Gasteiger partial charge in [0.15, 0.2) is 0 Å². The Morgan fingerprint density at radius 2 is 1.79 bits per heavy atom. The Kier molecular flexibility index (Phi) is 5.19. The van der Waals surface area contributed by atoms with Gasteiger partial charge in [-0.05, 0) is 47.6 Å². The highest BCUT2D eigenvalue weighted by atomic mass is 32.1. The van der Waals surface area contributed by atoms with Crippen molar-refractivity contribution in [3.05, 3.63) is 111 Å². The molecule has 1 unspecified atom stereocenters. The van der Waals surface area contributed by atoms with E-state index in [-0.39, 0.29) is 16.7 Å². The first kappa shape index (κ1) is 20.7. The lowest BCUT2D eigenvalue weighted by molar-refractivity contribution is -0.384. The van der Waals surface area contributed by atoms with Gasteiger partial charge >= 0.3 is 0 Å². The van der Waals surface area contributed by atoms with Crippen LogP contribution in [0.4, 0.5) is 10.8 Å². The van der Waals surface area contributed by atoms with Gasteiger partial charge in [0.2, 0.25) is 5.13 Å². The first-order chi connectivity index (χ1) is 16.7. The van der Waals surface area contributed by atoms with Crippen molar-refractivity contribution in [2.24, 2.45) is 5.10 Å². The van der Waals surface area contributed by atoms with Crippen molar-refractivity contribution >= 4 is 27.9 Å². The first-order valence-corrected chi connectivity index (χ1v) is 12.3. The molecule has 6 nitrogen and oxygen atoms in total. The van der Waals surface area contributed by atoms with E-state index in [1.807, 2.05) is 22.5 Å². The second-order valence-electron chi connectivity index (χ2n) is 8.68. The fourth-order valence-corrected chi connectivity index (χ4v) is 5.66. The van der Waals surface area contributed by atoms with Crippen molar-refractivity contribution in [2.45, 2.75) is 31.7 Å². The molecule has 7 heteroatoms. The summed E-state index contributed by atoms with van der Waals surface area (Å²) in [5.74, 6) is 0. The lowest BCUT2D eigenvalue weighted by Gasteiger charge is -2.21. The molecule has 2 aliphatic rings. The second kappa shape index (κ2) is 8.50. The van der Waals surface area contributed by atoms with Gasteiger partial charge in [-0.15, -0.1) is 11.3 Å². The molecule has 1 aromatic heterocycles. The number of hydrazone groups is 1. The van der Waals surface area contributed by atoms with E-state index in [4.69, 9.17) is 10.1 Å². The van der Waals surface area contributed by atoms with E-state index in [0.29, 0.717) is 0 Å². The van der Waals surface area contributed by atoms with Crippen molar-refractivity contribution in [3.63, 3.8) is 0 Å². The van der Waals surface area contributed by atoms with Crippen LogP contribution in [0.25, 0.3) is 11.3 Å². The lowest BCUT2D eigenvalue weighted by Crippen LogP contribution is -2.18. The number of thiazole rings is 1. The summed E-state index contributed by atoms with van der Waals surface area (Å²) in [5.41, 5.74) is 7.85. The molecule has 0 spiro atoms. The summed E-state index contributed by atoms with van der Waals surface area (Å²) in [6.45, 7) is 0. The predicted octanol–water partition coefficient (Wildman–Crippen LogP) is 6.56. The number of nitrogens with zero attached hydrogens (tertiary/aromatic N) is 4. The number of aromatic nitrogens is 1. The number of nitro benzene ring substituents is 1. The Morgan fingerprint density at radius 1 is 0.941 bits per heavy atom. The van der Waals surface area contributed by atoms with Crippen LogP contribution in [0.2, 0.25) is 0 Å². The molecule has 0 radical (unpaired) electrons. The quantitative estimate of drug-likeness (QED) is 0.247. The third-order valence-electron chi connectivity index (χ3n) is 6.57. The van der Waals surface area contributed by atoms with Crippen molar-refractivity contribution in [1.82, 2.24) is 4.98 Å². The van der Waals surface area contributed by atoms with Crippen molar-refractivity contribution in [3.8, 4) is 11.3 Å². The average molecular weight is 467 g/mol. The van der Waals surface area contributed by atoms with E-state index < -0.39 is 0 Å². The van der Waals surface area contributed by atoms with E-state index in [1.165, 1.54) is 52.5 Å². The fraction of sp³-hybridized carbons (Fsp3) is 0.185. The van der Waals surface area contributed by atoms with E-state index in [9.17, 15) is 10.1 Å². The monoisotopic (exact) mass is 466 g/mol. The zero-order chi connectivity index (χ0) is 23.1. The molecule has 4 aromatic rings. The van der Waals surface area contributed by atoms with Gasteiger partial charge in [-0.1, -0.05) is 54.6 Å². The normalized spacial score (nSPS) is 17.0. The molecule has 0 N–H and O–H groups in total. The maximum Gasteiger partial charge on any atom is 0.270 e. The number of hydrogen-bond donors (Lipinski definition) is 0. The molecule has 1 atom stereocenters. The molecule has 0 fully saturated rings. The Hall–Kier alpha value is -3.84. The lowest BCUT2D eigenvalue weighted by atomic mass is 9.97. The molecule has 3 aromatic carbocycles. The van der Waals surface area contributed by atoms with Crippen LogP contribution in [0.15, 0.2) is 83.3 Å². The molecule has 34 heavy (non-hydrogen) atoms. The molecule has 0 amide bonds. The molecule has 2 heterocycles. The molecular weight excluding hydrogens is 444 g/mol. The number of aryl methyl sites for hydroxylation is 2. The van der Waals surface area contributed by atoms with Gasteiger partial charge in [-0.2, -0.15) is 5.10 Å². The summed E-state index contributed by atoms with van der Waals surface area (Å²) in [4.78, 5) is 15.7. The molecule has 1 aliphatic heterocycles. The Balaban J connectivity index is 1.38. The van der Waals surface area contributed by atoms with Crippen LogP contribution in [0.1, 0.15) is 41.1 Å². The average Bonchev–Trinajstić information content (AvgIpc) is 3.63. The van der Waals surface area contributed by atoms with E-state index in [2.05, 4.69) is 42.5 Å². The zero-order valence-corrected chi connectivity index (χ0v) is 19.2. The molecule has 0 bridgehead atoms. The molecule has 168 valence electrons. The standard InChI is InChI=1S/C27H22N4O2S/c32-31(33)23-11-5-10-21(15-23)25-17-34-27(28-25)30-26(19-6-2-1-3-7-19)16-24(29-30)22-13-12-18-8-4-9-20(18)14-22/h1-3,5-7,10-15,17,26H,4,8-9,16H2. The number of non-ortho nitro benzene ring substituents is 1. The zero-order valence-electron chi connectivity index (χ0n) is 18.4. The summed E-state index contributed by atoms with van der Waals surface area (Å²) in [6.07, 6.45) is 4.33. The highest BCUT2D eigenvalue weighted by Crippen LogP contribution is 2.40. The topological polar surface area (TPSA) is 71.6 Å². The van der Waals surface area contributed by atoms with Crippen LogP contribution in [0.3, 0.4) is 0 Å². The predicted molar refractivity (Wildman–Crippen MR) is 135 cm³/mol. The molecule has 1 aliphatic carbocycles. The maximum atomic E-state index is 11.2. The summed E-state index contributed by atoms with van der Waals surface area (Å²) >= 11 is 1.51. The third kappa shape index (κ3) is 3.78. The van der Waals surface area contributed by atoms with Crippen LogP contribution >= 0.6 is 11.3 Å². The third-order valence-corrected chi connectivity index (χ3v) is 7.40. The van der Waals surface area contributed by atoms with E-state index >= 15 is 0 Å². The van der Waals surface area contributed by atoms with Crippen molar-refractivity contribution < 1.29 is 4.92 Å². The summed E-state index contributed by atoms with van der Waals surface area (Å²) in [5, 5.41) is 21.0. The summed E-state index contributed by atoms with van der Waals surface area (Å²) in [7, 11) is 0. The second-order valence-corrected chi connectivity index (χ2v) is 9.52. The van der Waals surface area contributed by atoms with Gasteiger partial charge in [0.1, 0.15) is 0 Å². The van der Waals surface area contributed by atoms with Crippen LogP contribution in [0, 0.1) is 10.1 Å². The number of fused-ring (bicyclic) bond motifs is 1. The van der Waals surface area contributed by atoms with Crippen LogP contribution < -0.4 is 5.01 Å². The largest absolute Gasteiger partial charge is 0.270 e. The first-order valence-electron chi connectivity index (χ1n) is 11.4. The van der Waals surface area contributed by atoms with Gasteiger partial charge < -0.3 is 0 Å². The Labute approximate surface area is 201 Å². The SMILES string of the molecule is O=[N+]([O-])c1cccc(-c2csc(N3N=C(c4ccc5c(c4)CCC5)CC3c3ccccc3)n2)c1. The minimum atomic E-state index is -0.379. The van der Waals surface area contributed by atoms with Gasteiger partial charge in [0.25, 0.3) is 5.69 Å². The van der Waals surface area contributed by atoms with Crippen LogP contribution in [-0.4, -0.2) is 15.6 Å². The minimum Gasteiger partial charge on any atom is -0.258 e. The number of nitro groups is 1. The van der Waals surface area contributed by atoms with Gasteiger partial charge in [-0.25, -0.2) is 9.99 Å². The molecular formula is C27H22N4O2S. The number of rotatable bonds is 5. The highest BCUT2D eigenvalue weighted by molar-refractivity contribution is 7.14. The summed E-state index contributed by atoms with van der Waals surface area (Å²) < 4.78 is 0. The highest BCUT2D eigenvalue weighted by Gasteiger charge is 2.32. The van der Waals surface area contributed by atoms with Crippen molar-refractivity contribution in [2.75, 3.05) is 5.01 Å². The van der Waals surface area contributed by atoms with Crippen LogP contribution in [0.5, 0.6) is 0 Å².